The zero-order chi connectivity index (χ0) is 17.7. The van der Waals surface area contributed by atoms with Gasteiger partial charge in [0.2, 0.25) is 11.8 Å². The molecule has 24 heavy (non-hydrogen) atoms. The zero-order valence-corrected chi connectivity index (χ0v) is 16.5. The van der Waals surface area contributed by atoms with E-state index < -0.39 is 37.7 Å². The molecule has 2 saturated heterocycles. The molecule has 0 aromatic heterocycles. The van der Waals surface area contributed by atoms with Crippen molar-refractivity contribution in [2.24, 2.45) is 11.8 Å². The van der Waals surface area contributed by atoms with Crippen LogP contribution in [0.4, 0.5) is 0 Å². The van der Waals surface area contributed by atoms with Gasteiger partial charge in [0.1, 0.15) is 9.75 Å². The van der Waals surface area contributed by atoms with E-state index in [1.165, 1.54) is 0 Å². The molecule has 0 radical (unpaired) electrons. The molecule has 0 aromatic carbocycles. The lowest BCUT2D eigenvalue weighted by molar-refractivity contribution is -0.142. The van der Waals surface area contributed by atoms with Crippen molar-refractivity contribution in [1.82, 2.24) is 4.90 Å². The third kappa shape index (κ3) is 1.75. The van der Waals surface area contributed by atoms with E-state index in [2.05, 4.69) is 0 Å². The summed E-state index contributed by atoms with van der Waals surface area (Å²) in [6.07, 6.45) is 1.47. The van der Waals surface area contributed by atoms with Gasteiger partial charge >= 0.3 is 0 Å². The number of amides is 2. The average molecular weight is 454 g/mol. The molecule has 3 fully saturated rings. The van der Waals surface area contributed by atoms with E-state index in [-0.39, 0.29) is 22.7 Å². The van der Waals surface area contributed by atoms with Gasteiger partial charge in [0.25, 0.3) is 0 Å². The number of hydrogen-bond acceptors (Lipinski definition) is 3. The van der Waals surface area contributed by atoms with Crippen molar-refractivity contribution in [3.8, 4) is 0 Å². The summed E-state index contributed by atoms with van der Waals surface area (Å²) < 4.78 is 3.63. The third-order valence-electron chi connectivity index (χ3n) is 5.41. The molecule has 2 aliphatic heterocycles. The molecule has 0 spiro atoms. The van der Waals surface area contributed by atoms with Crippen molar-refractivity contribution in [2.45, 2.75) is 33.0 Å². The molecule has 5 atom stereocenters. The van der Waals surface area contributed by atoms with Crippen LogP contribution in [-0.4, -0.2) is 50.1 Å². The summed E-state index contributed by atoms with van der Waals surface area (Å²) in [7, 11) is 0. The standard InChI is InChI=1S/C14H11Cl6NO3/c15-8-9(16)13(18)7-6(12(8,17)14(13,19)20)10(22)21(11(7)23)4-5-2-1-3-24-5/h5-7H,1-4H2/t5-,6-,7+,12-,13-/m0/s1. The van der Waals surface area contributed by atoms with Gasteiger partial charge in [0.15, 0.2) is 4.33 Å². The van der Waals surface area contributed by atoms with Crippen molar-refractivity contribution in [3.63, 3.8) is 0 Å². The number of alkyl halides is 4. The number of halogens is 6. The maximum Gasteiger partial charge on any atom is 0.235 e. The van der Waals surface area contributed by atoms with Crippen molar-refractivity contribution < 1.29 is 14.3 Å². The molecule has 132 valence electrons. The van der Waals surface area contributed by atoms with Crippen molar-refractivity contribution >= 4 is 81.4 Å². The first kappa shape index (κ1) is 18.0. The number of rotatable bonds is 2. The number of nitrogens with zero attached hydrogens (tertiary/aromatic N) is 1. The first-order valence-corrected chi connectivity index (χ1v) is 9.65. The monoisotopic (exact) mass is 451 g/mol. The minimum absolute atomic E-state index is 0.0767. The molecule has 4 nitrogen and oxygen atoms in total. The quantitative estimate of drug-likeness (QED) is 0.474. The fraction of sp³-hybridized carbons (Fsp3) is 0.714. The predicted octanol–water partition coefficient (Wildman–Crippen LogP) is 3.61. The van der Waals surface area contributed by atoms with E-state index in [9.17, 15) is 9.59 Å². The Bertz CT molecular complexity index is 644. The maximum atomic E-state index is 12.9. The van der Waals surface area contributed by atoms with Gasteiger partial charge in [0, 0.05) is 6.61 Å². The largest absolute Gasteiger partial charge is 0.376 e. The second-order valence-corrected chi connectivity index (χ2v) is 9.78. The molecule has 2 bridgehead atoms. The van der Waals surface area contributed by atoms with Gasteiger partial charge < -0.3 is 4.74 Å². The topological polar surface area (TPSA) is 46.6 Å². The van der Waals surface area contributed by atoms with Gasteiger partial charge in [-0.1, -0.05) is 46.4 Å². The van der Waals surface area contributed by atoms with Crippen molar-refractivity contribution in [1.29, 1.82) is 0 Å². The van der Waals surface area contributed by atoms with Gasteiger partial charge in [-0.2, -0.15) is 0 Å². The molecule has 2 heterocycles. The number of allylic oxidation sites excluding steroid dienone is 2. The summed E-state index contributed by atoms with van der Waals surface area (Å²) in [4.78, 5) is 23.5. The molecular weight excluding hydrogens is 443 g/mol. The highest BCUT2D eigenvalue weighted by atomic mass is 35.5. The second-order valence-electron chi connectivity index (χ2n) is 6.50. The van der Waals surface area contributed by atoms with Crippen LogP contribution in [0.1, 0.15) is 12.8 Å². The molecule has 0 aromatic rings. The minimum Gasteiger partial charge on any atom is -0.376 e. The van der Waals surface area contributed by atoms with E-state index >= 15 is 0 Å². The lowest BCUT2D eigenvalue weighted by Crippen LogP contribution is -2.50. The predicted molar refractivity (Wildman–Crippen MR) is 93.0 cm³/mol. The Labute approximate surface area is 168 Å². The smallest absolute Gasteiger partial charge is 0.235 e. The number of imide groups is 1. The Hall–Kier alpha value is 0.580. The zero-order valence-electron chi connectivity index (χ0n) is 12.0. The molecule has 1 saturated carbocycles. The summed E-state index contributed by atoms with van der Waals surface area (Å²) in [5.74, 6) is -3.11. The molecule has 0 unspecified atom stereocenters. The first-order valence-electron chi connectivity index (χ1n) is 7.38. The van der Waals surface area contributed by atoms with Crippen LogP contribution in [0.15, 0.2) is 10.1 Å². The van der Waals surface area contributed by atoms with Gasteiger partial charge in [-0.05, 0) is 12.8 Å². The van der Waals surface area contributed by atoms with Crippen LogP contribution in [-0.2, 0) is 14.3 Å². The second kappa shape index (κ2) is 5.31. The number of carbonyl (C=O) groups is 2. The number of carbonyl (C=O) groups excluding carboxylic acids is 2. The van der Waals surface area contributed by atoms with Crippen LogP contribution < -0.4 is 0 Å². The SMILES string of the molecule is O=C1[C@@H]2[C@H](C(=O)N1C[C@@H]1CCCO1)[C@]1(Cl)C(Cl)=C(Cl)[C@]2(Cl)C1(Cl)Cl. The Balaban J connectivity index is 1.78. The molecule has 2 aliphatic carbocycles. The molecule has 4 aliphatic rings. The minimum atomic E-state index is -1.88. The Morgan fingerprint density at radius 2 is 1.50 bits per heavy atom. The maximum absolute atomic E-state index is 12.9. The molecule has 0 N–H and O–H groups in total. The van der Waals surface area contributed by atoms with E-state index in [1.54, 1.807) is 0 Å². The van der Waals surface area contributed by atoms with Crippen LogP contribution >= 0.6 is 69.6 Å². The lowest BCUT2D eigenvalue weighted by Gasteiger charge is -2.34. The van der Waals surface area contributed by atoms with Crippen LogP contribution in [0.5, 0.6) is 0 Å². The van der Waals surface area contributed by atoms with Gasteiger partial charge in [-0.3, -0.25) is 14.5 Å². The van der Waals surface area contributed by atoms with E-state index in [0.29, 0.717) is 6.61 Å². The van der Waals surface area contributed by atoms with Crippen LogP contribution in [0.2, 0.25) is 0 Å². The van der Waals surface area contributed by atoms with Gasteiger partial charge in [0.05, 0.1) is 34.5 Å². The van der Waals surface area contributed by atoms with E-state index in [4.69, 9.17) is 74.3 Å². The van der Waals surface area contributed by atoms with Gasteiger partial charge in [-0.25, -0.2) is 0 Å². The third-order valence-corrected chi connectivity index (χ3v) is 9.67. The van der Waals surface area contributed by atoms with Crippen LogP contribution in [0.3, 0.4) is 0 Å². The molecule has 2 amide bonds. The fourth-order valence-electron chi connectivity index (χ4n) is 4.22. The summed E-state index contributed by atoms with van der Waals surface area (Å²) in [6, 6.07) is 0. The fourth-order valence-corrected chi connectivity index (χ4v) is 7.15. The highest BCUT2D eigenvalue weighted by molar-refractivity contribution is 6.66. The average Bonchev–Trinajstić information content (AvgIpc) is 3.17. The summed E-state index contributed by atoms with van der Waals surface area (Å²) in [5.41, 5.74) is 0. The van der Waals surface area contributed by atoms with E-state index in [0.717, 1.165) is 17.7 Å². The van der Waals surface area contributed by atoms with Crippen molar-refractivity contribution in [2.75, 3.05) is 13.2 Å². The lowest BCUT2D eigenvalue weighted by atomic mass is 9.84. The number of fused-ring (bicyclic) bond motifs is 5. The first-order chi connectivity index (χ1) is 11.1. The summed E-state index contributed by atoms with van der Waals surface area (Å²) in [6.45, 7) is 0.760. The van der Waals surface area contributed by atoms with E-state index in [1.807, 2.05) is 0 Å². The normalized spacial score (nSPS) is 46.4. The Morgan fingerprint density at radius 3 is 1.92 bits per heavy atom. The number of hydrogen-bond donors (Lipinski definition) is 0. The highest BCUT2D eigenvalue weighted by Gasteiger charge is 2.87. The Kier molecular flexibility index (Phi) is 3.98. The molecular formula is C14H11Cl6NO3. The number of ether oxygens (including phenoxy) is 1. The van der Waals surface area contributed by atoms with Crippen LogP contribution in [0, 0.1) is 11.8 Å². The summed E-state index contributed by atoms with van der Waals surface area (Å²) >= 11 is 38.5. The molecule has 10 heteroatoms. The van der Waals surface area contributed by atoms with Crippen LogP contribution in [0.25, 0.3) is 0 Å². The highest BCUT2D eigenvalue weighted by Crippen LogP contribution is 2.77. The van der Waals surface area contributed by atoms with Crippen molar-refractivity contribution in [3.05, 3.63) is 10.1 Å². The molecule has 4 rings (SSSR count). The van der Waals surface area contributed by atoms with Gasteiger partial charge in [-0.15, -0.1) is 23.2 Å². The summed E-state index contributed by atoms with van der Waals surface area (Å²) in [5, 5.41) is -0.153. The Morgan fingerprint density at radius 1 is 1.00 bits per heavy atom. The number of likely N-dealkylation sites (tertiary alicyclic amines) is 1.